The Morgan fingerprint density at radius 2 is 1.57 bits per heavy atom. The summed E-state index contributed by atoms with van der Waals surface area (Å²) in [6, 6.07) is 28.0. The summed E-state index contributed by atoms with van der Waals surface area (Å²) in [5.41, 5.74) is 5.47. The number of carbonyl (C=O) groups is 1. The predicted molar refractivity (Wildman–Crippen MR) is 112 cm³/mol. The Morgan fingerprint density at radius 1 is 0.893 bits per heavy atom. The Kier molecular flexibility index (Phi) is 4.09. The summed E-state index contributed by atoms with van der Waals surface area (Å²) < 4.78 is 0. The lowest BCUT2D eigenvalue weighted by Gasteiger charge is -2.36. The van der Waals surface area contributed by atoms with Gasteiger partial charge in [-0.1, -0.05) is 66.7 Å². The molecule has 4 nitrogen and oxygen atoms in total. The average molecular weight is 367 g/mol. The number of nitrogens with zero attached hydrogens (tertiary/aromatic N) is 1. The Balaban J connectivity index is 1.58. The van der Waals surface area contributed by atoms with Crippen LogP contribution in [-0.2, 0) is 6.42 Å². The summed E-state index contributed by atoms with van der Waals surface area (Å²) in [7, 11) is 0. The van der Waals surface area contributed by atoms with Crippen molar-refractivity contribution in [3.05, 3.63) is 102 Å². The number of aromatic nitrogens is 1. The van der Waals surface area contributed by atoms with Crippen molar-refractivity contribution in [3.63, 3.8) is 0 Å². The molecule has 5 rings (SSSR count). The number of aromatic amines is 1. The standard InChI is InChI=1S/C24H21N3O/c28-24(25-18-11-5-2-6-12-18)27-16-15-20-19-13-7-8-14-21(19)26-22(20)23(27)17-9-3-1-4-10-17/h1-14,23,26H,15-16H2,(H,25,28). The molecule has 2 heterocycles. The molecule has 1 aliphatic rings. The maximum Gasteiger partial charge on any atom is 0.322 e. The van der Waals surface area contributed by atoms with E-state index in [9.17, 15) is 4.79 Å². The predicted octanol–water partition coefficient (Wildman–Crippen LogP) is 5.35. The Labute approximate surface area is 163 Å². The van der Waals surface area contributed by atoms with Gasteiger partial charge in [0.2, 0.25) is 0 Å². The van der Waals surface area contributed by atoms with Crippen molar-refractivity contribution in [2.24, 2.45) is 0 Å². The SMILES string of the molecule is O=C(Nc1ccccc1)N1CCc2c([nH]c3ccccc23)C1c1ccccc1. The number of urea groups is 1. The van der Waals surface area contributed by atoms with Gasteiger partial charge >= 0.3 is 6.03 Å². The molecule has 0 saturated heterocycles. The van der Waals surface area contributed by atoms with Gasteiger partial charge in [-0.2, -0.15) is 0 Å². The first kappa shape index (κ1) is 16.6. The largest absolute Gasteiger partial charge is 0.356 e. The number of nitrogens with one attached hydrogen (secondary N) is 2. The van der Waals surface area contributed by atoms with Gasteiger partial charge in [0.05, 0.1) is 6.04 Å². The van der Waals surface area contributed by atoms with E-state index in [1.165, 1.54) is 10.9 Å². The molecule has 4 heteroatoms. The minimum absolute atomic E-state index is 0.0793. The van der Waals surface area contributed by atoms with Gasteiger partial charge in [-0.3, -0.25) is 0 Å². The highest BCUT2D eigenvalue weighted by atomic mass is 16.2. The van der Waals surface area contributed by atoms with E-state index >= 15 is 0 Å². The molecule has 3 aromatic carbocycles. The number of H-pyrrole nitrogens is 1. The maximum atomic E-state index is 13.2. The van der Waals surface area contributed by atoms with Gasteiger partial charge < -0.3 is 15.2 Å². The van der Waals surface area contributed by atoms with Crippen molar-refractivity contribution in [1.82, 2.24) is 9.88 Å². The van der Waals surface area contributed by atoms with Gasteiger partial charge in [-0.15, -0.1) is 0 Å². The molecule has 4 aromatic rings. The number of amides is 2. The quantitative estimate of drug-likeness (QED) is 0.493. The second-order valence-electron chi connectivity index (χ2n) is 7.12. The van der Waals surface area contributed by atoms with E-state index in [1.54, 1.807) is 0 Å². The molecule has 1 aliphatic heterocycles. The number of hydrogen-bond donors (Lipinski definition) is 2. The highest BCUT2D eigenvalue weighted by Gasteiger charge is 2.34. The minimum Gasteiger partial charge on any atom is -0.356 e. The summed E-state index contributed by atoms with van der Waals surface area (Å²) >= 11 is 0. The fourth-order valence-corrected chi connectivity index (χ4v) is 4.16. The van der Waals surface area contributed by atoms with Gasteiger partial charge in [0.1, 0.15) is 0 Å². The molecular formula is C24H21N3O. The van der Waals surface area contributed by atoms with Crippen molar-refractivity contribution in [1.29, 1.82) is 0 Å². The number of para-hydroxylation sites is 2. The fourth-order valence-electron chi connectivity index (χ4n) is 4.16. The van der Waals surface area contributed by atoms with Crippen molar-refractivity contribution in [3.8, 4) is 0 Å². The fraction of sp³-hybridized carbons (Fsp3) is 0.125. The van der Waals surface area contributed by atoms with E-state index in [0.717, 1.165) is 28.9 Å². The lowest BCUT2D eigenvalue weighted by molar-refractivity contribution is 0.193. The molecule has 2 amide bonds. The topological polar surface area (TPSA) is 48.1 Å². The van der Waals surface area contributed by atoms with Crippen LogP contribution in [-0.4, -0.2) is 22.5 Å². The first-order chi connectivity index (χ1) is 13.8. The molecule has 0 radical (unpaired) electrons. The van der Waals surface area contributed by atoms with E-state index in [-0.39, 0.29) is 12.1 Å². The smallest absolute Gasteiger partial charge is 0.322 e. The van der Waals surface area contributed by atoms with Crippen LogP contribution in [0.25, 0.3) is 10.9 Å². The van der Waals surface area contributed by atoms with Gasteiger partial charge in [-0.05, 0) is 35.7 Å². The molecule has 138 valence electrons. The molecule has 1 atom stereocenters. The maximum absolute atomic E-state index is 13.2. The zero-order chi connectivity index (χ0) is 18.9. The van der Waals surface area contributed by atoms with Crippen LogP contribution >= 0.6 is 0 Å². The lowest BCUT2D eigenvalue weighted by Crippen LogP contribution is -2.43. The highest BCUT2D eigenvalue weighted by molar-refractivity contribution is 5.91. The third-order valence-corrected chi connectivity index (χ3v) is 5.44. The molecule has 2 N–H and O–H groups in total. The molecule has 0 saturated carbocycles. The normalized spacial score (nSPS) is 16.0. The van der Waals surface area contributed by atoms with Crippen LogP contribution in [0.3, 0.4) is 0 Å². The van der Waals surface area contributed by atoms with Crippen LogP contribution < -0.4 is 5.32 Å². The highest BCUT2D eigenvalue weighted by Crippen LogP contribution is 2.38. The summed E-state index contributed by atoms with van der Waals surface area (Å²) in [4.78, 5) is 18.7. The van der Waals surface area contributed by atoms with E-state index in [4.69, 9.17) is 0 Å². The van der Waals surface area contributed by atoms with Crippen LogP contribution in [0.1, 0.15) is 22.9 Å². The van der Waals surface area contributed by atoms with Crippen molar-refractivity contribution < 1.29 is 4.79 Å². The zero-order valence-corrected chi connectivity index (χ0v) is 15.4. The number of carbonyl (C=O) groups excluding carboxylic acids is 1. The second-order valence-corrected chi connectivity index (χ2v) is 7.12. The molecule has 0 bridgehead atoms. The van der Waals surface area contributed by atoms with Crippen molar-refractivity contribution in [2.75, 3.05) is 11.9 Å². The van der Waals surface area contributed by atoms with Crippen LogP contribution in [0.15, 0.2) is 84.9 Å². The molecule has 0 spiro atoms. The van der Waals surface area contributed by atoms with Crippen molar-refractivity contribution in [2.45, 2.75) is 12.5 Å². The van der Waals surface area contributed by atoms with Crippen molar-refractivity contribution >= 4 is 22.6 Å². The first-order valence-corrected chi connectivity index (χ1v) is 9.58. The Bertz CT molecular complexity index is 1120. The monoisotopic (exact) mass is 367 g/mol. The Hall–Kier alpha value is -3.53. The van der Waals surface area contributed by atoms with Crippen LogP contribution in [0.4, 0.5) is 10.5 Å². The van der Waals surface area contributed by atoms with Crippen LogP contribution in [0.5, 0.6) is 0 Å². The third kappa shape index (κ3) is 2.83. The van der Waals surface area contributed by atoms with Crippen LogP contribution in [0, 0.1) is 0 Å². The number of anilines is 1. The second kappa shape index (κ2) is 6.89. The van der Waals surface area contributed by atoms with E-state index < -0.39 is 0 Å². The summed E-state index contributed by atoms with van der Waals surface area (Å²) in [6.45, 7) is 0.674. The van der Waals surface area contributed by atoms with E-state index in [0.29, 0.717) is 6.54 Å². The molecule has 28 heavy (non-hydrogen) atoms. The van der Waals surface area contributed by atoms with Gasteiger partial charge in [0.25, 0.3) is 0 Å². The van der Waals surface area contributed by atoms with E-state index in [1.807, 2.05) is 59.5 Å². The molecule has 1 unspecified atom stereocenters. The number of rotatable bonds is 2. The lowest BCUT2D eigenvalue weighted by atomic mass is 9.92. The first-order valence-electron chi connectivity index (χ1n) is 9.58. The minimum atomic E-state index is -0.138. The third-order valence-electron chi connectivity index (χ3n) is 5.44. The summed E-state index contributed by atoms with van der Waals surface area (Å²) in [5, 5.41) is 4.30. The molecule has 0 fully saturated rings. The van der Waals surface area contributed by atoms with Gasteiger partial charge in [0, 0.05) is 28.8 Å². The molecule has 1 aromatic heterocycles. The average Bonchev–Trinajstić information content (AvgIpc) is 3.13. The number of hydrogen-bond acceptors (Lipinski definition) is 1. The summed E-state index contributed by atoms with van der Waals surface area (Å²) in [6.07, 6.45) is 0.838. The number of fused-ring (bicyclic) bond motifs is 3. The zero-order valence-electron chi connectivity index (χ0n) is 15.4. The van der Waals surface area contributed by atoms with Crippen LogP contribution in [0.2, 0.25) is 0 Å². The number of benzene rings is 3. The van der Waals surface area contributed by atoms with E-state index in [2.05, 4.69) is 40.6 Å². The van der Waals surface area contributed by atoms with Gasteiger partial charge in [-0.25, -0.2) is 4.79 Å². The molecular weight excluding hydrogens is 346 g/mol. The Morgan fingerprint density at radius 3 is 2.36 bits per heavy atom. The molecule has 0 aliphatic carbocycles. The summed E-state index contributed by atoms with van der Waals surface area (Å²) in [5.74, 6) is 0. The van der Waals surface area contributed by atoms with Gasteiger partial charge in [0.15, 0.2) is 0 Å².